The maximum Gasteiger partial charge on any atom is 0.0965 e. The fourth-order valence-electron chi connectivity index (χ4n) is 1.67. The number of anilines is 1. The minimum atomic E-state index is 0.609. The van der Waals surface area contributed by atoms with Crippen LogP contribution in [0.2, 0.25) is 0 Å². The molecule has 0 aliphatic heterocycles. The summed E-state index contributed by atoms with van der Waals surface area (Å²) in [5, 5.41) is 12.3. The molecule has 19 heavy (non-hydrogen) atoms. The van der Waals surface area contributed by atoms with E-state index in [9.17, 15) is 5.26 Å². The van der Waals surface area contributed by atoms with Gasteiger partial charge in [0.1, 0.15) is 0 Å². The Balaban J connectivity index is 2.09. The summed E-state index contributed by atoms with van der Waals surface area (Å²) in [5.41, 5.74) is 2.77. The van der Waals surface area contributed by atoms with Gasteiger partial charge in [0.15, 0.2) is 0 Å². The van der Waals surface area contributed by atoms with Crippen LogP contribution in [0.25, 0.3) is 0 Å². The third kappa shape index (κ3) is 3.97. The van der Waals surface area contributed by atoms with Gasteiger partial charge in [0.25, 0.3) is 0 Å². The van der Waals surface area contributed by atoms with E-state index < -0.39 is 0 Å². The molecule has 0 saturated carbocycles. The molecule has 0 aromatic heterocycles. The van der Waals surface area contributed by atoms with Crippen LogP contribution in [0.3, 0.4) is 0 Å². The lowest BCUT2D eigenvalue weighted by Crippen LogP contribution is -1.95. The molecule has 2 rings (SSSR count). The van der Waals surface area contributed by atoms with Crippen molar-refractivity contribution in [1.82, 2.24) is 0 Å². The molecule has 0 amide bonds. The number of para-hydroxylation sites is 1. The van der Waals surface area contributed by atoms with Crippen LogP contribution in [-0.2, 0) is 6.42 Å². The zero-order valence-corrected chi connectivity index (χ0v) is 11.9. The van der Waals surface area contributed by atoms with E-state index in [1.165, 1.54) is 0 Å². The van der Waals surface area contributed by atoms with Gasteiger partial charge < -0.3 is 5.32 Å². The zero-order valence-electron chi connectivity index (χ0n) is 10.3. The van der Waals surface area contributed by atoms with Gasteiger partial charge in [-0.15, -0.1) is 0 Å². The van der Waals surface area contributed by atoms with Gasteiger partial charge in [0.05, 0.1) is 6.07 Å². The van der Waals surface area contributed by atoms with Crippen molar-refractivity contribution in [3.8, 4) is 6.07 Å². The SMILES string of the molecule is N#CC(=CNc1ccccc1)Cc1ccccc1Br. The van der Waals surface area contributed by atoms with Crippen molar-refractivity contribution in [3.63, 3.8) is 0 Å². The van der Waals surface area contributed by atoms with Crippen LogP contribution >= 0.6 is 15.9 Å². The smallest absolute Gasteiger partial charge is 0.0965 e. The molecule has 0 aliphatic rings. The van der Waals surface area contributed by atoms with Gasteiger partial charge in [-0.3, -0.25) is 0 Å². The summed E-state index contributed by atoms with van der Waals surface area (Å²) in [6, 6.07) is 19.9. The first-order valence-electron chi connectivity index (χ1n) is 5.94. The van der Waals surface area contributed by atoms with Crippen molar-refractivity contribution in [2.24, 2.45) is 0 Å². The lowest BCUT2D eigenvalue weighted by atomic mass is 10.1. The maximum absolute atomic E-state index is 9.18. The van der Waals surface area contributed by atoms with E-state index in [0.29, 0.717) is 12.0 Å². The summed E-state index contributed by atoms with van der Waals surface area (Å²) < 4.78 is 1.02. The summed E-state index contributed by atoms with van der Waals surface area (Å²) in [6.45, 7) is 0. The van der Waals surface area contributed by atoms with Gasteiger partial charge in [0.2, 0.25) is 0 Å². The average Bonchev–Trinajstić information content (AvgIpc) is 2.46. The Morgan fingerprint density at radius 1 is 1.11 bits per heavy atom. The van der Waals surface area contributed by atoms with Crippen LogP contribution in [0.4, 0.5) is 5.69 Å². The molecule has 0 heterocycles. The quantitative estimate of drug-likeness (QED) is 0.843. The Hall–Kier alpha value is -2.05. The number of halogens is 1. The molecule has 2 aromatic carbocycles. The molecule has 0 bridgehead atoms. The Morgan fingerprint density at radius 3 is 2.47 bits per heavy atom. The summed E-state index contributed by atoms with van der Waals surface area (Å²) >= 11 is 3.49. The van der Waals surface area contributed by atoms with Crippen LogP contribution in [0.15, 0.2) is 70.8 Å². The highest BCUT2D eigenvalue weighted by molar-refractivity contribution is 9.10. The highest BCUT2D eigenvalue weighted by Crippen LogP contribution is 2.19. The maximum atomic E-state index is 9.18. The summed E-state index contributed by atoms with van der Waals surface area (Å²) in [5.74, 6) is 0. The predicted octanol–water partition coefficient (Wildman–Crippen LogP) is 4.51. The number of hydrogen-bond donors (Lipinski definition) is 1. The predicted molar refractivity (Wildman–Crippen MR) is 81.6 cm³/mol. The molecular weight excluding hydrogens is 300 g/mol. The van der Waals surface area contributed by atoms with Crippen molar-refractivity contribution < 1.29 is 0 Å². The van der Waals surface area contributed by atoms with Gasteiger partial charge in [-0.1, -0.05) is 52.3 Å². The Labute approximate surface area is 121 Å². The van der Waals surface area contributed by atoms with E-state index in [1.54, 1.807) is 6.20 Å². The van der Waals surface area contributed by atoms with E-state index in [-0.39, 0.29) is 0 Å². The molecule has 2 aromatic rings. The highest BCUT2D eigenvalue weighted by atomic mass is 79.9. The second-order valence-corrected chi connectivity index (χ2v) is 4.91. The van der Waals surface area contributed by atoms with E-state index in [4.69, 9.17) is 0 Å². The first-order chi connectivity index (χ1) is 9.29. The minimum Gasteiger partial charge on any atom is -0.361 e. The topological polar surface area (TPSA) is 35.8 Å². The molecule has 0 unspecified atom stereocenters. The molecule has 0 atom stereocenters. The normalized spacial score (nSPS) is 10.8. The van der Waals surface area contributed by atoms with E-state index in [1.807, 2.05) is 54.6 Å². The third-order valence-electron chi connectivity index (χ3n) is 2.67. The lowest BCUT2D eigenvalue weighted by Gasteiger charge is -2.04. The van der Waals surface area contributed by atoms with Crippen LogP contribution in [-0.4, -0.2) is 0 Å². The summed E-state index contributed by atoms with van der Waals surface area (Å²) in [4.78, 5) is 0. The molecule has 0 fully saturated rings. The molecular formula is C16H13BrN2. The van der Waals surface area contributed by atoms with E-state index in [2.05, 4.69) is 27.3 Å². The number of nitrogens with zero attached hydrogens (tertiary/aromatic N) is 1. The Kier molecular flexibility index (Phi) is 4.77. The standard InChI is InChI=1S/C16H13BrN2/c17-16-9-5-4-6-14(16)10-13(11-18)12-19-15-7-2-1-3-8-15/h1-9,12,19H,10H2. The van der Waals surface area contributed by atoms with Crippen molar-refractivity contribution in [3.05, 3.63) is 76.4 Å². The van der Waals surface area contributed by atoms with Crippen LogP contribution in [0.5, 0.6) is 0 Å². The number of nitrogens with one attached hydrogen (secondary N) is 1. The third-order valence-corrected chi connectivity index (χ3v) is 3.44. The van der Waals surface area contributed by atoms with Crippen molar-refractivity contribution >= 4 is 21.6 Å². The monoisotopic (exact) mass is 312 g/mol. The zero-order chi connectivity index (χ0) is 13.5. The Bertz CT molecular complexity index is 612. The van der Waals surface area contributed by atoms with Crippen LogP contribution in [0.1, 0.15) is 5.56 Å². The first-order valence-corrected chi connectivity index (χ1v) is 6.73. The Morgan fingerprint density at radius 2 is 1.79 bits per heavy atom. The van der Waals surface area contributed by atoms with Gasteiger partial charge >= 0.3 is 0 Å². The molecule has 3 heteroatoms. The van der Waals surface area contributed by atoms with Gasteiger partial charge in [-0.2, -0.15) is 5.26 Å². The average molecular weight is 313 g/mol. The number of benzene rings is 2. The first kappa shape index (κ1) is 13.4. The second kappa shape index (κ2) is 6.77. The molecule has 0 radical (unpaired) electrons. The minimum absolute atomic E-state index is 0.609. The second-order valence-electron chi connectivity index (χ2n) is 4.06. The molecule has 2 nitrogen and oxygen atoms in total. The molecule has 94 valence electrons. The number of hydrogen-bond acceptors (Lipinski definition) is 2. The fraction of sp³-hybridized carbons (Fsp3) is 0.0625. The molecule has 0 spiro atoms. The lowest BCUT2D eigenvalue weighted by molar-refractivity contribution is 1.18. The fourth-order valence-corrected chi connectivity index (χ4v) is 2.10. The summed E-state index contributed by atoms with van der Waals surface area (Å²) in [6.07, 6.45) is 2.37. The van der Waals surface area contributed by atoms with Gasteiger partial charge in [-0.05, 0) is 23.8 Å². The van der Waals surface area contributed by atoms with E-state index in [0.717, 1.165) is 15.7 Å². The van der Waals surface area contributed by atoms with Crippen molar-refractivity contribution in [1.29, 1.82) is 5.26 Å². The van der Waals surface area contributed by atoms with Crippen molar-refractivity contribution in [2.75, 3.05) is 5.32 Å². The summed E-state index contributed by atoms with van der Waals surface area (Å²) in [7, 11) is 0. The molecule has 0 saturated heterocycles. The van der Waals surface area contributed by atoms with Crippen LogP contribution < -0.4 is 5.32 Å². The van der Waals surface area contributed by atoms with Crippen LogP contribution in [0, 0.1) is 11.3 Å². The number of nitriles is 1. The number of rotatable bonds is 4. The molecule has 0 aliphatic carbocycles. The molecule has 1 N–H and O–H groups in total. The highest BCUT2D eigenvalue weighted by Gasteiger charge is 2.02. The largest absolute Gasteiger partial charge is 0.361 e. The number of allylic oxidation sites excluding steroid dienone is 1. The van der Waals surface area contributed by atoms with E-state index >= 15 is 0 Å². The van der Waals surface area contributed by atoms with Gasteiger partial charge in [0, 0.05) is 28.4 Å². The van der Waals surface area contributed by atoms with Gasteiger partial charge in [-0.25, -0.2) is 0 Å². The van der Waals surface area contributed by atoms with Crippen molar-refractivity contribution in [2.45, 2.75) is 6.42 Å².